The fourth-order valence-electron chi connectivity index (χ4n) is 3.89. The number of thioether (sulfide) groups is 1. The number of rotatable bonds is 8. The van der Waals surface area contributed by atoms with Crippen molar-refractivity contribution in [3.8, 4) is 0 Å². The molecule has 8 heteroatoms. The summed E-state index contributed by atoms with van der Waals surface area (Å²) in [6, 6.07) is 14.5. The van der Waals surface area contributed by atoms with E-state index < -0.39 is 0 Å². The van der Waals surface area contributed by atoms with E-state index in [0.717, 1.165) is 41.4 Å². The molecule has 0 aliphatic carbocycles. The second-order valence-corrected chi connectivity index (χ2v) is 8.38. The molecule has 1 aliphatic rings. The van der Waals surface area contributed by atoms with Crippen molar-refractivity contribution in [2.75, 3.05) is 38.6 Å². The van der Waals surface area contributed by atoms with Crippen LogP contribution in [-0.2, 0) is 16.1 Å². The van der Waals surface area contributed by atoms with Crippen molar-refractivity contribution in [1.82, 2.24) is 19.8 Å². The molecule has 1 saturated heterocycles. The van der Waals surface area contributed by atoms with Gasteiger partial charge in [-0.25, -0.2) is 9.37 Å². The van der Waals surface area contributed by atoms with E-state index >= 15 is 0 Å². The smallest absolute Gasteiger partial charge is 0.230 e. The minimum atomic E-state index is -0.260. The third-order valence-electron chi connectivity index (χ3n) is 5.50. The first kappa shape index (κ1) is 21.8. The highest BCUT2D eigenvalue weighted by Gasteiger charge is 2.23. The molecule has 1 N–H and O–H groups in total. The summed E-state index contributed by atoms with van der Waals surface area (Å²) in [5.41, 5.74) is 3.01. The third kappa shape index (κ3) is 5.26. The maximum absolute atomic E-state index is 13.4. The fourth-order valence-corrected chi connectivity index (χ4v) is 4.80. The molecule has 2 heterocycles. The van der Waals surface area contributed by atoms with Gasteiger partial charge in [-0.1, -0.05) is 36.0 Å². The van der Waals surface area contributed by atoms with Crippen LogP contribution in [-0.4, -0.2) is 59.0 Å². The van der Waals surface area contributed by atoms with Crippen molar-refractivity contribution in [2.45, 2.75) is 24.7 Å². The number of hydrogen-bond donors (Lipinski definition) is 1. The van der Waals surface area contributed by atoms with Crippen LogP contribution in [0.2, 0.25) is 0 Å². The van der Waals surface area contributed by atoms with Gasteiger partial charge in [0.2, 0.25) is 5.91 Å². The zero-order chi connectivity index (χ0) is 21.6. The second kappa shape index (κ2) is 10.3. The minimum Gasteiger partial charge on any atom is -0.379 e. The van der Waals surface area contributed by atoms with Gasteiger partial charge < -0.3 is 14.6 Å². The number of amides is 1. The summed E-state index contributed by atoms with van der Waals surface area (Å²) in [7, 11) is 0. The summed E-state index contributed by atoms with van der Waals surface area (Å²) >= 11 is 1.45. The summed E-state index contributed by atoms with van der Waals surface area (Å²) in [6.07, 6.45) is 0. The number of carbonyl (C=O) groups excluding carboxylic acids is 1. The molecule has 1 atom stereocenters. The minimum absolute atomic E-state index is 0.0151. The van der Waals surface area contributed by atoms with Crippen molar-refractivity contribution in [1.29, 1.82) is 0 Å². The molecule has 6 nitrogen and oxygen atoms in total. The molecule has 0 bridgehead atoms. The number of morpholine rings is 1. The van der Waals surface area contributed by atoms with Crippen LogP contribution < -0.4 is 5.32 Å². The van der Waals surface area contributed by atoms with Crippen molar-refractivity contribution < 1.29 is 13.9 Å². The Kier molecular flexibility index (Phi) is 7.21. The van der Waals surface area contributed by atoms with Gasteiger partial charge in [0.15, 0.2) is 5.16 Å². The number of carbonyl (C=O) groups is 1. The highest BCUT2D eigenvalue weighted by atomic mass is 32.2. The first-order valence-corrected chi connectivity index (χ1v) is 11.6. The normalized spacial score (nSPS) is 15.8. The molecule has 2 aromatic carbocycles. The summed E-state index contributed by atoms with van der Waals surface area (Å²) in [6.45, 7) is 6.24. The first-order chi connectivity index (χ1) is 15.2. The molecule has 1 fully saturated rings. The monoisotopic (exact) mass is 442 g/mol. The van der Waals surface area contributed by atoms with Gasteiger partial charge in [-0.3, -0.25) is 9.69 Å². The van der Waals surface area contributed by atoms with Gasteiger partial charge in [0, 0.05) is 26.2 Å². The van der Waals surface area contributed by atoms with Crippen LogP contribution in [0, 0.1) is 5.82 Å². The summed E-state index contributed by atoms with van der Waals surface area (Å²) in [5.74, 6) is -0.00781. The van der Waals surface area contributed by atoms with Crippen LogP contribution in [0.15, 0.2) is 53.7 Å². The highest BCUT2D eigenvalue weighted by Crippen LogP contribution is 2.24. The topological polar surface area (TPSA) is 59.4 Å². The Morgan fingerprint density at radius 1 is 1.19 bits per heavy atom. The molecule has 4 rings (SSSR count). The van der Waals surface area contributed by atoms with Gasteiger partial charge in [0.05, 0.1) is 36.0 Å². The number of aryl methyl sites for hydroxylation is 1. The molecule has 1 aliphatic heterocycles. The van der Waals surface area contributed by atoms with Crippen LogP contribution in [0.4, 0.5) is 4.39 Å². The molecule has 0 spiro atoms. The highest BCUT2D eigenvalue weighted by molar-refractivity contribution is 7.99. The van der Waals surface area contributed by atoms with Crippen molar-refractivity contribution >= 4 is 28.7 Å². The number of fused-ring (bicyclic) bond motifs is 1. The molecule has 1 aromatic heterocycles. The third-order valence-corrected chi connectivity index (χ3v) is 6.48. The molecular formula is C23H27FN4O2S. The van der Waals surface area contributed by atoms with E-state index in [-0.39, 0.29) is 17.8 Å². The maximum Gasteiger partial charge on any atom is 0.230 e. The largest absolute Gasteiger partial charge is 0.379 e. The maximum atomic E-state index is 13.4. The molecule has 1 amide bonds. The lowest BCUT2D eigenvalue weighted by Gasteiger charge is -2.35. The van der Waals surface area contributed by atoms with E-state index in [2.05, 4.69) is 26.7 Å². The number of ether oxygens (including phenoxy) is 1. The van der Waals surface area contributed by atoms with E-state index in [1.54, 1.807) is 12.1 Å². The number of halogens is 1. The molecule has 164 valence electrons. The van der Waals surface area contributed by atoms with Gasteiger partial charge >= 0.3 is 0 Å². The average molecular weight is 443 g/mol. The Morgan fingerprint density at radius 2 is 1.94 bits per heavy atom. The summed E-state index contributed by atoms with van der Waals surface area (Å²) in [5, 5.41) is 3.91. The number of hydrogen-bond acceptors (Lipinski definition) is 5. The summed E-state index contributed by atoms with van der Waals surface area (Å²) in [4.78, 5) is 19.6. The number of aromatic nitrogens is 2. The van der Waals surface area contributed by atoms with Gasteiger partial charge in [0.25, 0.3) is 0 Å². The van der Waals surface area contributed by atoms with Crippen LogP contribution in [0.3, 0.4) is 0 Å². The van der Waals surface area contributed by atoms with Gasteiger partial charge in [-0.15, -0.1) is 0 Å². The summed E-state index contributed by atoms with van der Waals surface area (Å²) < 4.78 is 21.0. The number of nitrogens with one attached hydrogen (secondary N) is 1. The predicted octanol–water partition coefficient (Wildman–Crippen LogP) is 3.48. The first-order valence-electron chi connectivity index (χ1n) is 10.6. The SMILES string of the molecule is CCn1c(SCC(=O)NCC(c2ccc(F)cc2)N2CCOCC2)nc2ccccc21. The van der Waals surface area contributed by atoms with Gasteiger partial charge in [0.1, 0.15) is 5.82 Å². The van der Waals surface area contributed by atoms with E-state index in [1.165, 1.54) is 23.9 Å². The van der Waals surface area contributed by atoms with E-state index in [9.17, 15) is 9.18 Å². The van der Waals surface area contributed by atoms with Gasteiger partial charge in [-0.2, -0.15) is 0 Å². The Balaban J connectivity index is 1.39. The lowest BCUT2D eigenvalue weighted by molar-refractivity contribution is -0.118. The molecule has 1 unspecified atom stereocenters. The van der Waals surface area contributed by atoms with Crippen LogP contribution in [0.5, 0.6) is 0 Å². The zero-order valence-corrected chi connectivity index (χ0v) is 18.4. The molecule has 0 saturated carbocycles. The van der Waals surface area contributed by atoms with Crippen LogP contribution >= 0.6 is 11.8 Å². The van der Waals surface area contributed by atoms with E-state index in [1.807, 2.05) is 24.3 Å². The molecule has 3 aromatic rings. The second-order valence-electron chi connectivity index (χ2n) is 7.44. The number of benzene rings is 2. The predicted molar refractivity (Wildman–Crippen MR) is 121 cm³/mol. The van der Waals surface area contributed by atoms with Crippen LogP contribution in [0.25, 0.3) is 11.0 Å². The van der Waals surface area contributed by atoms with Crippen molar-refractivity contribution in [2.24, 2.45) is 0 Å². The Labute approximate surface area is 185 Å². The lowest BCUT2D eigenvalue weighted by Crippen LogP contribution is -2.44. The number of para-hydroxylation sites is 2. The van der Waals surface area contributed by atoms with Crippen LogP contribution in [0.1, 0.15) is 18.5 Å². The number of nitrogens with zero attached hydrogens (tertiary/aromatic N) is 3. The van der Waals surface area contributed by atoms with Crippen molar-refractivity contribution in [3.05, 3.63) is 59.9 Å². The number of imidazole rings is 1. The Morgan fingerprint density at radius 3 is 2.68 bits per heavy atom. The fraction of sp³-hybridized carbons (Fsp3) is 0.391. The Hall–Kier alpha value is -2.42. The molecule has 31 heavy (non-hydrogen) atoms. The lowest BCUT2D eigenvalue weighted by atomic mass is 10.0. The van der Waals surface area contributed by atoms with E-state index in [4.69, 9.17) is 4.74 Å². The zero-order valence-electron chi connectivity index (χ0n) is 17.6. The van der Waals surface area contributed by atoms with E-state index in [0.29, 0.717) is 25.5 Å². The quantitative estimate of drug-likeness (QED) is 0.542. The standard InChI is InChI=1S/C23H27FN4O2S/c1-2-28-20-6-4-3-5-19(20)26-23(28)31-16-22(29)25-15-21(27-11-13-30-14-12-27)17-7-9-18(24)10-8-17/h3-10,21H,2,11-16H2,1H3,(H,25,29). The average Bonchev–Trinajstić information content (AvgIpc) is 3.17. The van der Waals surface area contributed by atoms with Crippen molar-refractivity contribution in [3.63, 3.8) is 0 Å². The van der Waals surface area contributed by atoms with Gasteiger partial charge in [-0.05, 0) is 36.8 Å². The molecule has 0 radical (unpaired) electrons. The molecular weight excluding hydrogens is 415 g/mol. The Bertz CT molecular complexity index is 1020.